The summed E-state index contributed by atoms with van der Waals surface area (Å²) in [5, 5.41) is 3.76. The fourth-order valence-corrected chi connectivity index (χ4v) is 4.40. The molecule has 1 aliphatic heterocycles. The Morgan fingerprint density at radius 1 is 1.29 bits per heavy atom. The number of rotatable bonds is 4. The Hall–Kier alpha value is 0.270. The summed E-state index contributed by atoms with van der Waals surface area (Å²) in [5.74, 6) is 1.00. The van der Waals surface area contributed by atoms with Crippen molar-refractivity contribution in [3.8, 4) is 0 Å². The maximum absolute atomic E-state index is 3.76. The quantitative estimate of drug-likeness (QED) is 0.829. The Labute approximate surface area is 110 Å². The van der Waals surface area contributed by atoms with E-state index in [9.17, 15) is 0 Å². The molecule has 3 rings (SSSR count). The van der Waals surface area contributed by atoms with Crippen LogP contribution in [-0.4, -0.2) is 48.1 Å². The standard InChI is InChI=1S/C14H26N2S/c1-17-14(6-2-7-14)11-16-9-3-8-15-13(10-16)12-4-5-12/h12-13,15H,2-11H2,1H3. The second kappa shape index (κ2) is 5.10. The Morgan fingerprint density at radius 3 is 2.71 bits per heavy atom. The normalized spacial score (nSPS) is 34.1. The first-order valence-electron chi connectivity index (χ1n) is 7.32. The molecule has 0 amide bonds. The topological polar surface area (TPSA) is 15.3 Å². The summed E-state index contributed by atoms with van der Waals surface area (Å²) in [6.45, 7) is 5.22. The number of nitrogens with one attached hydrogen (secondary N) is 1. The lowest BCUT2D eigenvalue weighted by Crippen LogP contribution is -2.48. The van der Waals surface area contributed by atoms with Gasteiger partial charge in [-0.2, -0.15) is 11.8 Å². The fraction of sp³-hybridized carbons (Fsp3) is 1.00. The minimum absolute atomic E-state index is 0.623. The van der Waals surface area contributed by atoms with Crippen molar-refractivity contribution >= 4 is 11.8 Å². The molecular weight excluding hydrogens is 228 g/mol. The smallest absolute Gasteiger partial charge is 0.0284 e. The first-order chi connectivity index (χ1) is 8.31. The maximum atomic E-state index is 3.76. The van der Waals surface area contributed by atoms with Crippen LogP contribution in [-0.2, 0) is 0 Å². The summed E-state index contributed by atoms with van der Waals surface area (Å²) in [4.78, 5) is 2.76. The third kappa shape index (κ3) is 2.82. The van der Waals surface area contributed by atoms with Crippen molar-refractivity contribution in [1.82, 2.24) is 10.2 Å². The largest absolute Gasteiger partial charge is 0.312 e. The van der Waals surface area contributed by atoms with Crippen LogP contribution in [0.2, 0.25) is 0 Å². The molecule has 0 radical (unpaired) electrons. The molecule has 0 spiro atoms. The Morgan fingerprint density at radius 2 is 2.12 bits per heavy atom. The molecule has 0 bridgehead atoms. The van der Waals surface area contributed by atoms with Crippen molar-refractivity contribution in [1.29, 1.82) is 0 Å². The van der Waals surface area contributed by atoms with E-state index in [-0.39, 0.29) is 0 Å². The summed E-state index contributed by atoms with van der Waals surface area (Å²) in [6, 6.07) is 0.802. The molecule has 0 aromatic carbocycles. The van der Waals surface area contributed by atoms with Gasteiger partial charge >= 0.3 is 0 Å². The molecule has 3 heteroatoms. The van der Waals surface area contributed by atoms with Crippen molar-refractivity contribution in [2.75, 3.05) is 32.4 Å². The van der Waals surface area contributed by atoms with Crippen molar-refractivity contribution in [2.45, 2.75) is 49.3 Å². The highest BCUT2D eigenvalue weighted by Crippen LogP contribution is 2.43. The number of hydrogen-bond donors (Lipinski definition) is 1. The van der Waals surface area contributed by atoms with Crippen molar-refractivity contribution < 1.29 is 0 Å². The molecule has 0 aromatic rings. The zero-order chi connectivity index (χ0) is 11.7. The minimum atomic E-state index is 0.623. The molecule has 3 aliphatic rings. The van der Waals surface area contributed by atoms with Crippen LogP contribution in [0.3, 0.4) is 0 Å². The SMILES string of the molecule is CSC1(CN2CCCNC(C3CC3)C2)CCC1. The molecule has 1 unspecified atom stereocenters. The highest BCUT2D eigenvalue weighted by atomic mass is 32.2. The third-order valence-electron chi connectivity index (χ3n) is 4.91. The molecule has 2 aliphatic carbocycles. The minimum Gasteiger partial charge on any atom is -0.312 e. The third-order valence-corrected chi connectivity index (χ3v) is 6.32. The van der Waals surface area contributed by atoms with Gasteiger partial charge in [-0.1, -0.05) is 6.42 Å². The van der Waals surface area contributed by atoms with Gasteiger partial charge in [0, 0.05) is 23.9 Å². The molecule has 0 aromatic heterocycles. The first kappa shape index (κ1) is 12.3. The molecule has 1 atom stereocenters. The van der Waals surface area contributed by atoms with E-state index in [4.69, 9.17) is 0 Å². The molecule has 1 heterocycles. The van der Waals surface area contributed by atoms with Crippen LogP contribution in [0.15, 0.2) is 0 Å². The summed E-state index contributed by atoms with van der Waals surface area (Å²) < 4.78 is 0.623. The number of thioether (sulfide) groups is 1. The van der Waals surface area contributed by atoms with E-state index in [2.05, 4.69) is 28.2 Å². The molecule has 17 heavy (non-hydrogen) atoms. The summed E-state index contributed by atoms with van der Waals surface area (Å²) in [5.41, 5.74) is 0. The predicted molar refractivity (Wildman–Crippen MR) is 75.7 cm³/mol. The average molecular weight is 254 g/mol. The van der Waals surface area contributed by atoms with Gasteiger partial charge in [-0.25, -0.2) is 0 Å². The van der Waals surface area contributed by atoms with Crippen LogP contribution in [0.4, 0.5) is 0 Å². The summed E-state index contributed by atoms with van der Waals surface area (Å²) >= 11 is 2.12. The van der Waals surface area contributed by atoms with Gasteiger partial charge in [-0.3, -0.25) is 0 Å². The second-order valence-corrected chi connectivity index (χ2v) is 7.50. The van der Waals surface area contributed by atoms with Gasteiger partial charge in [-0.05, 0) is 57.4 Å². The maximum Gasteiger partial charge on any atom is 0.0284 e. The monoisotopic (exact) mass is 254 g/mol. The molecular formula is C14H26N2S. The Balaban J connectivity index is 1.57. The zero-order valence-corrected chi connectivity index (χ0v) is 11.9. The lowest BCUT2D eigenvalue weighted by molar-refractivity contribution is 0.194. The van der Waals surface area contributed by atoms with E-state index in [0.29, 0.717) is 4.75 Å². The van der Waals surface area contributed by atoms with Crippen molar-refractivity contribution in [3.05, 3.63) is 0 Å². The van der Waals surface area contributed by atoms with Gasteiger partial charge in [0.15, 0.2) is 0 Å². The molecule has 2 nitrogen and oxygen atoms in total. The number of hydrogen-bond acceptors (Lipinski definition) is 3. The van der Waals surface area contributed by atoms with Crippen LogP contribution < -0.4 is 5.32 Å². The van der Waals surface area contributed by atoms with Gasteiger partial charge in [-0.15, -0.1) is 0 Å². The summed E-state index contributed by atoms with van der Waals surface area (Å²) in [7, 11) is 0. The lowest BCUT2D eigenvalue weighted by Gasteiger charge is -2.44. The van der Waals surface area contributed by atoms with Crippen LogP contribution >= 0.6 is 11.8 Å². The molecule has 2 saturated carbocycles. The van der Waals surface area contributed by atoms with Crippen LogP contribution in [0.25, 0.3) is 0 Å². The van der Waals surface area contributed by atoms with Crippen LogP contribution in [0, 0.1) is 5.92 Å². The van der Waals surface area contributed by atoms with Gasteiger partial charge < -0.3 is 10.2 Å². The van der Waals surface area contributed by atoms with Gasteiger partial charge in [0.05, 0.1) is 0 Å². The van der Waals surface area contributed by atoms with Gasteiger partial charge in [0.2, 0.25) is 0 Å². The van der Waals surface area contributed by atoms with Crippen molar-refractivity contribution in [2.24, 2.45) is 5.92 Å². The number of nitrogens with zero attached hydrogens (tertiary/aromatic N) is 1. The molecule has 98 valence electrons. The zero-order valence-electron chi connectivity index (χ0n) is 11.1. The van der Waals surface area contributed by atoms with Crippen LogP contribution in [0.5, 0.6) is 0 Å². The molecule has 3 fully saturated rings. The average Bonchev–Trinajstić information content (AvgIpc) is 3.09. The van der Waals surface area contributed by atoms with E-state index < -0.39 is 0 Å². The Bertz CT molecular complexity index is 255. The molecule has 1 saturated heterocycles. The van der Waals surface area contributed by atoms with E-state index in [1.165, 1.54) is 64.7 Å². The van der Waals surface area contributed by atoms with E-state index in [1.807, 2.05) is 0 Å². The second-order valence-electron chi connectivity index (χ2n) is 6.23. The van der Waals surface area contributed by atoms with Crippen molar-refractivity contribution in [3.63, 3.8) is 0 Å². The van der Waals surface area contributed by atoms with E-state index in [0.717, 1.165) is 12.0 Å². The first-order valence-corrected chi connectivity index (χ1v) is 8.55. The van der Waals surface area contributed by atoms with E-state index in [1.54, 1.807) is 0 Å². The fourth-order valence-electron chi connectivity index (χ4n) is 3.39. The lowest BCUT2D eigenvalue weighted by atomic mass is 9.83. The van der Waals surface area contributed by atoms with E-state index >= 15 is 0 Å². The predicted octanol–water partition coefficient (Wildman–Crippen LogP) is 2.35. The highest BCUT2D eigenvalue weighted by Gasteiger charge is 2.39. The van der Waals surface area contributed by atoms with Gasteiger partial charge in [0.1, 0.15) is 0 Å². The molecule has 1 N–H and O–H groups in total. The van der Waals surface area contributed by atoms with Gasteiger partial charge in [0.25, 0.3) is 0 Å². The Kier molecular flexibility index (Phi) is 3.69. The van der Waals surface area contributed by atoms with Crippen LogP contribution in [0.1, 0.15) is 38.5 Å². The highest BCUT2D eigenvalue weighted by molar-refractivity contribution is 8.00. The summed E-state index contributed by atoms with van der Waals surface area (Å²) in [6.07, 6.45) is 11.0.